The molecule has 0 radical (unpaired) electrons. The van der Waals surface area contributed by atoms with Crippen molar-refractivity contribution < 1.29 is 9.53 Å². The summed E-state index contributed by atoms with van der Waals surface area (Å²) in [4.78, 5) is 17.7. The maximum atomic E-state index is 12.9. The number of halogens is 1. The normalized spacial score (nSPS) is 11.8. The minimum absolute atomic E-state index is 0.0584. The topological polar surface area (TPSA) is 51.2 Å². The maximum Gasteiger partial charge on any atom is 0.251 e. The van der Waals surface area contributed by atoms with Crippen LogP contribution in [0.4, 0.5) is 0 Å². The third-order valence-electron chi connectivity index (χ3n) is 5.54. The van der Waals surface area contributed by atoms with Crippen molar-refractivity contribution in [3.63, 3.8) is 0 Å². The zero-order valence-corrected chi connectivity index (χ0v) is 19.6. The number of benzene rings is 3. The third-order valence-corrected chi connectivity index (χ3v) is 5.77. The molecule has 1 amide bonds. The Kier molecular flexibility index (Phi) is 7.26. The Hall–Kier alpha value is -3.37. The molecule has 5 heteroatoms. The first-order valence-corrected chi connectivity index (χ1v) is 11.6. The van der Waals surface area contributed by atoms with E-state index >= 15 is 0 Å². The minimum Gasteiger partial charge on any atom is -0.493 e. The van der Waals surface area contributed by atoms with E-state index in [0.29, 0.717) is 22.9 Å². The van der Waals surface area contributed by atoms with Gasteiger partial charge in [-0.15, -0.1) is 0 Å². The van der Waals surface area contributed by atoms with Gasteiger partial charge in [-0.2, -0.15) is 0 Å². The smallest absolute Gasteiger partial charge is 0.251 e. The molecule has 0 saturated carbocycles. The summed E-state index contributed by atoms with van der Waals surface area (Å²) in [5.74, 6) is 0.600. The van der Waals surface area contributed by atoms with Crippen LogP contribution in [0.15, 0.2) is 78.9 Å². The highest BCUT2D eigenvalue weighted by molar-refractivity contribution is 6.30. The number of nitrogens with one attached hydrogen (secondary N) is 1. The first-order chi connectivity index (χ1) is 16.0. The van der Waals surface area contributed by atoms with E-state index < -0.39 is 0 Å². The van der Waals surface area contributed by atoms with Gasteiger partial charge in [-0.3, -0.25) is 4.79 Å². The van der Waals surface area contributed by atoms with E-state index in [1.807, 2.05) is 80.6 Å². The molecule has 1 aromatic heterocycles. The van der Waals surface area contributed by atoms with Crippen LogP contribution in [0.2, 0.25) is 5.02 Å². The van der Waals surface area contributed by atoms with E-state index in [9.17, 15) is 4.79 Å². The van der Waals surface area contributed by atoms with Crippen LogP contribution in [0.5, 0.6) is 5.75 Å². The van der Waals surface area contributed by atoms with Crippen LogP contribution >= 0.6 is 11.6 Å². The molecule has 4 nitrogen and oxygen atoms in total. The van der Waals surface area contributed by atoms with Gasteiger partial charge in [0.05, 0.1) is 17.8 Å². The second-order valence-corrected chi connectivity index (χ2v) is 8.52. The van der Waals surface area contributed by atoms with Gasteiger partial charge in [0.1, 0.15) is 5.75 Å². The Balaban J connectivity index is 1.55. The lowest BCUT2D eigenvalue weighted by atomic mass is 10.0. The van der Waals surface area contributed by atoms with Crippen LogP contribution in [0.3, 0.4) is 0 Å². The first kappa shape index (κ1) is 22.8. The number of carbonyl (C=O) groups is 1. The van der Waals surface area contributed by atoms with Crippen LogP contribution in [0.1, 0.15) is 36.2 Å². The molecule has 1 N–H and O–H groups in total. The van der Waals surface area contributed by atoms with Crippen molar-refractivity contribution in [3.8, 4) is 17.0 Å². The van der Waals surface area contributed by atoms with Gasteiger partial charge in [0.25, 0.3) is 5.91 Å². The van der Waals surface area contributed by atoms with Gasteiger partial charge in [0, 0.05) is 33.6 Å². The predicted molar refractivity (Wildman–Crippen MR) is 135 cm³/mol. The molecule has 4 aromatic rings. The fourth-order valence-electron chi connectivity index (χ4n) is 3.81. The summed E-state index contributed by atoms with van der Waals surface area (Å²) in [6.07, 6.45) is 1.79. The molecular weight excluding hydrogens is 432 g/mol. The number of hydrogen-bond acceptors (Lipinski definition) is 3. The zero-order valence-electron chi connectivity index (χ0n) is 18.8. The Bertz CT molecular complexity index is 1260. The van der Waals surface area contributed by atoms with Crippen LogP contribution in [0.25, 0.3) is 22.2 Å². The Morgan fingerprint density at radius 3 is 2.61 bits per heavy atom. The highest BCUT2D eigenvalue weighted by Gasteiger charge is 2.14. The second-order valence-electron chi connectivity index (χ2n) is 8.08. The van der Waals surface area contributed by atoms with Gasteiger partial charge < -0.3 is 10.1 Å². The van der Waals surface area contributed by atoms with Crippen molar-refractivity contribution in [1.82, 2.24) is 10.3 Å². The Morgan fingerprint density at radius 1 is 1.03 bits per heavy atom. The molecule has 0 aliphatic carbocycles. The number of fused-ring (bicyclic) bond motifs is 1. The monoisotopic (exact) mass is 458 g/mol. The summed E-state index contributed by atoms with van der Waals surface area (Å²) in [7, 11) is 0. The molecule has 0 bridgehead atoms. The summed E-state index contributed by atoms with van der Waals surface area (Å²) >= 11 is 6.16. The Labute approximate surface area is 199 Å². The van der Waals surface area contributed by atoms with Gasteiger partial charge in [-0.1, -0.05) is 54.1 Å². The standard InChI is InChI=1S/C28H27ClN2O2/c1-3-33-27-18-26(21-10-7-11-23(29)16-21)31-25-15-14-22(17-24(25)27)28(32)30-19(2)12-13-20-8-5-4-6-9-20/h4-11,14-19H,3,12-13H2,1-2H3,(H,30,32). The summed E-state index contributed by atoms with van der Waals surface area (Å²) in [6.45, 7) is 4.49. The van der Waals surface area contributed by atoms with Crippen molar-refractivity contribution in [2.24, 2.45) is 0 Å². The molecule has 1 heterocycles. The van der Waals surface area contributed by atoms with Crippen molar-refractivity contribution >= 4 is 28.4 Å². The Morgan fingerprint density at radius 2 is 1.85 bits per heavy atom. The molecule has 168 valence electrons. The fourth-order valence-corrected chi connectivity index (χ4v) is 4.00. The number of nitrogens with zero attached hydrogens (tertiary/aromatic N) is 1. The quantitative estimate of drug-likeness (QED) is 0.319. The van der Waals surface area contributed by atoms with Crippen molar-refractivity contribution in [3.05, 3.63) is 95.0 Å². The number of pyridine rings is 1. The molecular formula is C28H27ClN2O2. The lowest BCUT2D eigenvalue weighted by molar-refractivity contribution is 0.0938. The van der Waals surface area contributed by atoms with E-state index in [4.69, 9.17) is 21.3 Å². The largest absolute Gasteiger partial charge is 0.493 e. The highest BCUT2D eigenvalue weighted by Crippen LogP contribution is 2.31. The van der Waals surface area contributed by atoms with Crippen LogP contribution in [-0.4, -0.2) is 23.5 Å². The van der Waals surface area contributed by atoms with Crippen LogP contribution in [0, 0.1) is 0 Å². The second kappa shape index (κ2) is 10.5. The van der Waals surface area contributed by atoms with Crippen LogP contribution in [-0.2, 0) is 6.42 Å². The van der Waals surface area contributed by atoms with Gasteiger partial charge >= 0.3 is 0 Å². The third kappa shape index (κ3) is 5.71. The van der Waals surface area contributed by atoms with Crippen LogP contribution < -0.4 is 10.1 Å². The molecule has 0 aliphatic heterocycles. The van der Waals surface area contributed by atoms with Gasteiger partial charge in [0.2, 0.25) is 0 Å². The van der Waals surface area contributed by atoms with Crippen molar-refractivity contribution in [2.75, 3.05) is 6.61 Å². The molecule has 0 saturated heterocycles. The summed E-state index contributed by atoms with van der Waals surface area (Å²) in [6, 6.07) is 25.4. The average molecular weight is 459 g/mol. The fraction of sp³-hybridized carbons (Fsp3) is 0.214. The number of aryl methyl sites for hydroxylation is 1. The van der Waals surface area contributed by atoms with E-state index in [1.54, 1.807) is 0 Å². The zero-order chi connectivity index (χ0) is 23.2. The molecule has 0 spiro atoms. The number of aromatic nitrogens is 1. The van der Waals surface area contributed by atoms with Gasteiger partial charge in [0.15, 0.2) is 0 Å². The van der Waals surface area contributed by atoms with Crippen molar-refractivity contribution in [2.45, 2.75) is 32.7 Å². The number of hydrogen-bond donors (Lipinski definition) is 1. The van der Waals surface area contributed by atoms with E-state index in [0.717, 1.165) is 35.0 Å². The van der Waals surface area contributed by atoms with E-state index in [-0.39, 0.29) is 11.9 Å². The van der Waals surface area contributed by atoms with Gasteiger partial charge in [-0.25, -0.2) is 4.98 Å². The van der Waals surface area contributed by atoms with Gasteiger partial charge in [-0.05, 0) is 62.6 Å². The van der Waals surface area contributed by atoms with E-state index in [2.05, 4.69) is 17.4 Å². The molecule has 33 heavy (non-hydrogen) atoms. The molecule has 0 fully saturated rings. The average Bonchev–Trinajstić information content (AvgIpc) is 2.83. The molecule has 0 aliphatic rings. The number of rotatable bonds is 8. The van der Waals surface area contributed by atoms with Crippen molar-refractivity contribution in [1.29, 1.82) is 0 Å². The molecule has 1 unspecified atom stereocenters. The molecule has 4 rings (SSSR count). The SMILES string of the molecule is CCOc1cc(-c2cccc(Cl)c2)nc2ccc(C(=O)NC(C)CCc3ccccc3)cc12. The molecule has 3 aromatic carbocycles. The number of amides is 1. The number of ether oxygens (including phenoxy) is 1. The number of carbonyl (C=O) groups excluding carboxylic acids is 1. The molecule has 1 atom stereocenters. The maximum absolute atomic E-state index is 12.9. The van der Waals surface area contributed by atoms with E-state index in [1.165, 1.54) is 5.56 Å². The summed E-state index contributed by atoms with van der Waals surface area (Å²) in [5, 5.41) is 4.58. The lowest BCUT2D eigenvalue weighted by Gasteiger charge is -2.15. The summed E-state index contributed by atoms with van der Waals surface area (Å²) < 4.78 is 5.91. The highest BCUT2D eigenvalue weighted by atomic mass is 35.5. The minimum atomic E-state index is -0.0983. The predicted octanol–water partition coefficient (Wildman–Crippen LogP) is 6.71. The lowest BCUT2D eigenvalue weighted by Crippen LogP contribution is -2.32. The summed E-state index contributed by atoms with van der Waals surface area (Å²) in [5.41, 5.74) is 4.32. The first-order valence-electron chi connectivity index (χ1n) is 11.2.